The number of carboxylic acids is 2. The van der Waals surface area contributed by atoms with Gasteiger partial charge in [-0.15, -0.1) is 0 Å². The van der Waals surface area contributed by atoms with Gasteiger partial charge in [0.25, 0.3) is 0 Å². The van der Waals surface area contributed by atoms with E-state index in [1.165, 1.54) is 0 Å². The monoisotopic (exact) mass is 738 g/mol. The first-order chi connectivity index (χ1) is 22.0. The molecule has 49 heavy (non-hydrogen) atoms. The second-order valence-electron chi connectivity index (χ2n) is 11.1. The maximum Gasteiger partial charge on any atom is 1.00 e. The van der Waals surface area contributed by atoms with Crippen molar-refractivity contribution >= 4 is 11.9 Å². The van der Waals surface area contributed by atoms with Crippen molar-refractivity contribution in [3.05, 3.63) is 0 Å². The summed E-state index contributed by atoms with van der Waals surface area (Å²) in [7, 11) is 0. The zero-order valence-corrected chi connectivity index (χ0v) is 30.2. The number of carboxylic acid groups (broad SMARTS) is 2. The van der Waals surface area contributed by atoms with Crippen LogP contribution in [0.5, 0.6) is 0 Å². The molecule has 0 aromatic carbocycles. The molecule has 19 atom stereocenters. The van der Waals surface area contributed by atoms with Crippen LogP contribution in [0.15, 0.2) is 0 Å². The van der Waals surface area contributed by atoms with Crippen LogP contribution in [0.3, 0.4) is 0 Å². The molecule has 23 nitrogen and oxygen atoms in total. The summed E-state index contributed by atoms with van der Waals surface area (Å²) in [5, 5.41) is 134. The van der Waals surface area contributed by atoms with Crippen molar-refractivity contribution in [1.82, 2.24) is 0 Å². The Balaban J connectivity index is 0.00000600. The van der Waals surface area contributed by atoms with Gasteiger partial charge in [-0.3, -0.25) is 0 Å². The molecule has 0 aromatic heterocycles. The van der Waals surface area contributed by atoms with Crippen LogP contribution in [0.25, 0.3) is 0 Å². The fourth-order valence-electron chi connectivity index (χ4n) is 5.16. The summed E-state index contributed by atoms with van der Waals surface area (Å²) in [6.07, 6.45) is -35.0. The second kappa shape index (κ2) is 20.6. The van der Waals surface area contributed by atoms with Crippen LogP contribution < -0.4 is 80.8 Å². The summed E-state index contributed by atoms with van der Waals surface area (Å²) in [5.41, 5.74) is 11.8. The van der Waals surface area contributed by atoms with Crippen molar-refractivity contribution in [2.45, 2.75) is 116 Å². The van der Waals surface area contributed by atoms with Crippen molar-refractivity contribution in [2.24, 2.45) is 11.5 Å². The molecule has 0 radical (unpaired) electrons. The molecule has 0 saturated carbocycles. The van der Waals surface area contributed by atoms with Crippen LogP contribution in [0, 0.1) is 0 Å². The summed E-state index contributed by atoms with van der Waals surface area (Å²) >= 11 is 0. The number of rotatable bonds is 14. The zero-order chi connectivity index (χ0) is 35.5. The van der Waals surface area contributed by atoms with Gasteiger partial charge in [0.1, 0.15) is 85.5 Å². The quantitative estimate of drug-likeness (QED) is 0.0736. The molecule has 0 amide bonds. The molecule has 3 rings (SSSR count). The van der Waals surface area contributed by atoms with Crippen molar-refractivity contribution in [1.29, 1.82) is 0 Å². The molecule has 3 aliphatic heterocycles. The average Bonchev–Trinajstić information content (AvgIpc) is 3.04. The number of ether oxygens (including phenoxy) is 6. The van der Waals surface area contributed by atoms with E-state index in [0.717, 1.165) is 0 Å². The Morgan fingerprint density at radius 3 is 1.73 bits per heavy atom. The van der Waals surface area contributed by atoms with Crippen LogP contribution in [0.2, 0.25) is 0 Å². The van der Waals surface area contributed by atoms with E-state index in [1.54, 1.807) is 0 Å². The molecule has 0 aliphatic carbocycles. The third kappa shape index (κ3) is 10.7. The van der Waals surface area contributed by atoms with E-state index in [1.807, 2.05) is 0 Å². The van der Waals surface area contributed by atoms with E-state index >= 15 is 0 Å². The van der Waals surface area contributed by atoms with Gasteiger partial charge in [-0.25, -0.2) is 0 Å². The topological polar surface area (TPSA) is 410 Å². The third-order valence-electron chi connectivity index (χ3n) is 7.90. The molecular weight excluding hydrogens is 698 g/mol. The smallest absolute Gasteiger partial charge is 0.547 e. The van der Waals surface area contributed by atoms with Gasteiger partial charge in [0.2, 0.25) is 0 Å². The Hall–Kier alpha value is 0.180. The normalized spacial score (nSPS) is 42.1. The van der Waals surface area contributed by atoms with Crippen LogP contribution in [0.1, 0.15) is 0 Å². The standard InChI is InChI=1S/C24H42N2O21.2Na/c25-4(1-27)15(8(31)5(30)2-28)43-24-14(37)12(35)17(19(47-24)21(40)41)45-22-7(26)16(9(32)6(3-29)42-22)44-23-13(36)10(33)11(34)18(46-23)20(38)39;;/h4-19,22-24,27-37H,1-3,25-26H2,(H,38,39)(H,40,41);;/q;2*+1/p-2/t4?,5?,6?,7?,8-,9-,10-,11?,12-,13+,14?,15-,16-,17+,18?,19?,22+,23-,24-;;/m1../s1. The van der Waals surface area contributed by atoms with Crippen LogP contribution in [0.4, 0.5) is 0 Å². The van der Waals surface area contributed by atoms with E-state index in [9.17, 15) is 70.9 Å². The first-order valence-electron chi connectivity index (χ1n) is 14.1. The van der Waals surface area contributed by atoms with Crippen LogP contribution in [-0.2, 0) is 38.0 Å². The largest absolute Gasteiger partial charge is 1.00 e. The summed E-state index contributed by atoms with van der Waals surface area (Å²) in [6.45, 7) is -2.87. The fourth-order valence-corrected chi connectivity index (χ4v) is 5.16. The molecule has 8 unspecified atom stereocenters. The summed E-state index contributed by atoms with van der Waals surface area (Å²) < 4.78 is 31.8. The number of aliphatic hydroxyl groups excluding tert-OH is 11. The first kappa shape index (κ1) is 47.2. The van der Waals surface area contributed by atoms with Gasteiger partial charge >= 0.3 is 59.1 Å². The van der Waals surface area contributed by atoms with E-state index in [-0.39, 0.29) is 59.1 Å². The average molecular weight is 739 g/mol. The van der Waals surface area contributed by atoms with Crippen LogP contribution >= 0.6 is 0 Å². The molecule has 0 bridgehead atoms. The Morgan fingerprint density at radius 2 is 1.22 bits per heavy atom. The van der Waals surface area contributed by atoms with E-state index < -0.39 is 148 Å². The number of carbonyl (C=O) groups is 2. The summed E-state index contributed by atoms with van der Waals surface area (Å²) in [5.74, 6) is -4.09. The van der Waals surface area contributed by atoms with Gasteiger partial charge in [-0.05, 0) is 0 Å². The van der Waals surface area contributed by atoms with E-state index in [4.69, 9.17) is 45.0 Å². The molecule has 3 saturated heterocycles. The van der Waals surface area contributed by atoms with Crippen LogP contribution in [-0.4, -0.2) is 204 Å². The summed E-state index contributed by atoms with van der Waals surface area (Å²) in [6, 6.07) is -3.27. The second-order valence-corrected chi connectivity index (χ2v) is 11.1. The summed E-state index contributed by atoms with van der Waals surface area (Å²) in [4.78, 5) is 23.4. The molecule has 15 N–H and O–H groups in total. The number of nitrogens with two attached hydrogens (primary N) is 2. The number of aliphatic hydroxyl groups is 11. The van der Waals surface area contributed by atoms with E-state index in [2.05, 4.69) is 0 Å². The molecule has 3 fully saturated rings. The van der Waals surface area contributed by atoms with Gasteiger partial charge < -0.3 is 116 Å². The maximum atomic E-state index is 12.1. The minimum atomic E-state index is -2.34. The van der Waals surface area contributed by atoms with Gasteiger partial charge in [0.05, 0.1) is 43.8 Å². The van der Waals surface area contributed by atoms with Gasteiger partial charge in [0.15, 0.2) is 18.9 Å². The van der Waals surface area contributed by atoms with Gasteiger partial charge in [0, 0.05) is 0 Å². The van der Waals surface area contributed by atoms with Crippen molar-refractivity contribution in [3.63, 3.8) is 0 Å². The van der Waals surface area contributed by atoms with E-state index in [0.29, 0.717) is 0 Å². The number of carbonyl (C=O) groups excluding carboxylic acids is 2. The Labute approximate surface area is 321 Å². The van der Waals surface area contributed by atoms with Crippen molar-refractivity contribution in [3.8, 4) is 0 Å². The number of aliphatic carboxylic acids is 2. The predicted molar refractivity (Wildman–Crippen MR) is 136 cm³/mol. The molecule has 25 heteroatoms. The Bertz CT molecular complexity index is 1040. The fraction of sp³-hybridized carbons (Fsp3) is 0.917. The minimum Gasteiger partial charge on any atom is -0.547 e. The first-order valence-corrected chi connectivity index (χ1v) is 14.1. The maximum absolute atomic E-state index is 12.1. The van der Waals surface area contributed by atoms with Gasteiger partial charge in [-0.2, -0.15) is 0 Å². The Morgan fingerprint density at radius 1 is 0.694 bits per heavy atom. The molecule has 3 heterocycles. The SMILES string of the molecule is NC(CO)[C@@H](O[C@@H]1OC(C(=O)[O-])[C@@H](O[C@@H]2OC(CO)[C@@H](O)[C@H](O[C@@H]3OC(C(=O)[O-])C(O)[C@@H](O)[C@@H]3O)C2N)[C@H](O)C1O)[C@H](O)C(O)CO.[Na+].[Na+]. The third-order valence-corrected chi connectivity index (χ3v) is 7.90. The molecule has 0 aromatic rings. The Kier molecular flexibility index (Phi) is 19.8. The number of hydrogen-bond donors (Lipinski definition) is 13. The van der Waals surface area contributed by atoms with Crippen molar-refractivity contribution < 1.29 is 164 Å². The zero-order valence-electron chi connectivity index (χ0n) is 26.2. The molecule has 3 aliphatic rings. The number of hydrogen-bond acceptors (Lipinski definition) is 23. The molecule has 274 valence electrons. The molecule has 0 spiro atoms. The van der Waals surface area contributed by atoms with Crippen molar-refractivity contribution in [2.75, 3.05) is 19.8 Å². The predicted octanol–water partition coefficient (Wildman–Crippen LogP) is -18.7. The van der Waals surface area contributed by atoms with Gasteiger partial charge in [-0.1, -0.05) is 0 Å². The molecular formula is C24H40N2Na2O21. The minimum absolute atomic E-state index is 0.